The van der Waals surface area contributed by atoms with Crippen LogP contribution in [0.1, 0.15) is 36.0 Å². The fraction of sp³-hybridized carbons (Fsp3) is 0.652. The van der Waals surface area contributed by atoms with E-state index >= 15 is 0 Å². The summed E-state index contributed by atoms with van der Waals surface area (Å²) >= 11 is 0. The predicted molar refractivity (Wildman–Crippen MR) is 128 cm³/mol. The van der Waals surface area contributed by atoms with E-state index in [1.165, 1.54) is 7.11 Å². The molecule has 1 aliphatic rings. The lowest BCUT2D eigenvalue weighted by Gasteiger charge is -2.36. The highest BCUT2D eigenvalue weighted by molar-refractivity contribution is 6.76. The van der Waals surface area contributed by atoms with Gasteiger partial charge in [0, 0.05) is 26.8 Å². The number of methoxy groups -OCH3 is 1. The van der Waals surface area contributed by atoms with Gasteiger partial charge in [-0.3, -0.25) is 4.57 Å². The summed E-state index contributed by atoms with van der Waals surface area (Å²) in [5, 5.41) is 3.35. The number of aromatic nitrogens is 2. The van der Waals surface area contributed by atoms with Crippen molar-refractivity contribution in [2.45, 2.75) is 63.6 Å². The smallest absolute Gasteiger partial charge is 0.340 e. The molecule has 33 heavy (non-hydrogen) atoms. The minimum Gasteiger partial charge on any atom is -0.465 e. The third kappa shape index (κ3) is 5.55. The molecule has 0 atom stereocenters. The van der Waals surface area contributed by atoms with Crippen molar-refractivity contribution in [1.29, 1.82) is 0 Å². The second-order valence-corrected chi connectivity index (χ2v) is 15.9. The van der Waals surface area contributed by atoms with Crippen molar-refractivity contribution >= 4 is 31.0 Å². The van der Waals surface area contributed by atoms with Gasteiger partial charge in [0.1, 0.15) is 12.2 Å². The maximum Gasteiger partial charge on any atom is 0.340 e. The zero-order valence-corrected chi connectivity index (χ0v) is 21.6. The lowest BCUT2D eigenvalue weighted by Crippen LogP contribution is -2.47. The molecule has 0 aliphatic heterocycles. The van der Waals surface area contributed by atoms with E-state index in [0.717, 1.165) is 37.8 Å². The van der Waals surface area contributed by atoms with Crippen molar-refractivity contribution in [3.8, 4) is 0 Å². The van der Waals surface area contributed by atoms with Gasteiger partial charge in [0.05, 0.1) is 18.2 Å². The number of esters is 1. The summed E-state index contributed by atoms with van der Waals surface area (Å²) < 4.78 is 41.4. The number of fused-ring (bicyclic) bond motifs is 1. The largest absolute Gasteiger partial charge is 0.465 e. The molecular formula is C23H36F2N4O3Si. The molecule has 1 aromatic carbocycles. The van der Waals surface area contributed by atoms with Crippen LogP contribution in [-0.2, 0) is 16.2 Å². The molecule has 0 unspecified atom stereocenters. The van der Waals surface area contributed by atoms with Gasteiger partial charge in [-0.1, -0.05) is 32.5 Å². The third-order valence-corrected chi connectivity index (χ3v) is 8.30. The molecule has 2 aromatic rings. The Morgan fingerprint density at radius 1 is 1.27 bits per heavy atom. The number of carbonyl (C=O) groups excluding carboxylic acids is 1. The Hall–Kier alpha value is -2.04. The number of hydrogen-bond acceptors (Lipinski definition) is 6. The van der Waals surface area contributed by atoms with Crippen LogP contribution in [-0.4, -0.2) is 68.4 Å². The molecule has 3 rings (SSSR count). The van der Waals surface area contributed by atoms with Gasteiger partial charge in [-0.25, -0.2) is 18.6 Å². The van der Waals surface area contributed by atoms with Crippen LogP contribution >= 0.6 is 0 Å². The van der Waals surface area contributed by atoms with Gasteiger partial charge in [0.25, 0.3) is 0 Å². The average molecular weight is 483 g/mol. The first-order valence-electron chi connectivity index (χ1n) is 11.4. The highest BCUT2D eigenvalue weighted by Gasteiger charge is 2.36. The van der Waals surface area contributed by atoms with E-state index in [1.807, 2.05) is 0 Å². The molecule has 0 saturated heterocycles. The molecule has 0 bridgehead atoms. The molecular weight excluding hydrogens is 446 g/mol. The summed E-state index contributed by atoms with van der Waals surface area (Å²) in [6, 6.07) is 1.82. The Morgan fingerprint density at radius 2 is 1.94 bits per heavy atom. The van der Waals surface area contributed by atoms with E-state index in [-0.39, 0.29) is 28.9 Å². The van der Waals surface area contributed by atoms with Crippen molar-refractivity contribution in [2.24, 2.45) is 0 Å². The predicted octanol–water partition coefficient (Wildman–Crippen LogP) is 4.70. The molecule has 1 heterocycles. The first kappa shape index (κ1) is 25.6. The molecule has 1 saturated carbocycles. The molecule has 1 N–H and O–H groups in total. The summed E-state index contributed by atoms with van der Waals surface area (Å²) in [7, 11) is 4.01. The van der Waals surface area contributed by atoms with E-state index in [9.17, 15) is 13.6 Å². The molecule has 1 fully saturated rings. The van der Waals surface area contributed by atoms with Crippen molar-refractivity contribution < 1.29 is 23.0 Å². The van der Waals surface area contributed by atoms with Gasteiger partial charge in [-0.15, -0.1) is 0 Å². The number of hydrogen-bond donors (Lipinski definition) is 1. The van der Waals surface area contributed by atoms with Gasteiger partial charge in [0.2, 0.25) is 5.95 Å². The highest BCUT2D eigenvalue weighted by atomic mass is 28.3. The number of rotatable bonds is 10. The Labute approximate surface area is 195 Å². The monoisotopic (exact) mass is 482 g/mol. The zero-order valence-electron chi connectivity index (χ0n) is 20.6. The van der Waals surface area contributed by atoms with Crippen molar-refractivity contribution in [3.05, 3.63) is 23.3 Å². The van der Waals surface area contributed by atoms with E-state index in [0.29, 0.717) is 19.1 Å². The summed E-state index contributed by atoms with van der Waals surface area (Å²) in [5.41, 5.74) is -0.168. The lowest BCUT2D eigenvalue weighted by atomic mass is 9.96. The summed E-state index contributed by atoms with van der Waals surface area (Å²) in [6.45, 7) is 7.96. The molecule has 0 amide bonds. The van der Waals surface area contributed by atoms with Crippen LogP contribution in [0.5, 0.6) is 0 Å². The number of carbonyl (C=O) groups is 1. The Kier molecular flexibility index (Phi) is 7.80. The van der Waals surface area contributed by atoms with Gasteiger partial charge in [-0.05, 0) is 39.0 Å². The summed E-state index contributed by atoms with van der Waals surface area (Å²) in [4.78, 5) is 19.0. The van der Waals surface area contributed by atoms with Crippen LogP contribution in [0.15, 0.2) is 6.07 Å². The van der Waals surface area contributed by atoms with Crippen LogP contribution < -0.4 is 5.32 Å². The van der Waals surface area contributed by atoms with Crippen LogP contribution in [0.4, 0.5) is 14.7 Å². The minimum atomic E-state index is -1.31. The van der Waals surface area contributed by atoms with Gasteiger partial charge in [-0.2, -0.15) is 0 Å². The molecule has 184 valence electrons. The van der Waals surface area contributed by atoms with Crippen molar-refractivity contribution in [3.63, 3.8) is 0 Å². The number of nitrogens with zero attached hydrogens (tertiary/aromatic N) is 3. The Bertz CT molecular complexity index is 998. The lowest BCUT2D eigenvalue weighted by molar-refractivity contribution is 0.0600. The quantitative estimate of drug-likeness (QED) is 0.301. The maximum atomic E-state index is 14.8. The van der Waals surface area contributed by atoms with Crippen molar-refractivity contribution in [2.75, 3.05) is 39.7 Å². The SMILES string of the molecule is COC(=O)c1cc(F)c(F)c2nc(NCC3(N(C)C)CCCC3)n(COCC[Si](C)(C)C)c12. The number of likely N-dealkylation sites (N-methyl/N-ethyl adjacent to an activating group) is 1. The molecule has 0 spiro atoms. The van der Waals surface area contributed by atoms with E-state index in [2.05, 4.69) is 48.9 Å². The van der Waals surface area contributed by atoms with Gasteiger partial charge >= 0.3 is 5.97 Å². The molecule has 10 heteroatoms. The van der Waals surface area contributed by atoms with Crippen LogP contribution in [0.25, 0.3) is 11.0 Å². The highest BCUT2D eigenvalue weighted by Crippen LogP contribution is 2.35. The second kappa shape index (κ2) is 10.1. The average Bonchev–Trinajstić information content (AvgIpc) is 3.37. The van der Waals surface area contributed by atoms with Crippen LogP contribution in [0, 0.1) is 11.6 Å². The van der Waals surface area contributed by atoms with Crippen LogP contribution in [0.3, 0.4) is 0 Å². The fourth-order valence-electron chi connectivity index (χ4n) is 4.37. The van der Waals surface area contributed by atoms with Gasteiger partial charge < -0.3 is 19.7 Å². The van der Waals surface area contributed by atoms with Crippen LogP contribution in [0.2, 0.25) is 25.7 Å². The number of anilines is 1. The fourth-order valence-corrected chi connectivity index (χ4v) is 5.13. The maximum absolute atomic E-state index is 14.8. The third-order valence-electron chi connectivity index (χ3n) is 6.59. The molecule has 1 aromatic heterocycles. The number of benzene rings is 1. The van der Waals surface area contributed by atoms with E-state index < -0.39 is 25.7 Å². The molecule has 7 nitrogen and oxygen atoms in total. The standard InChI is InChI=1S/C23H36F2N4O3Si/c1-28(2)23(9-7-8-10-23)14-26-22-27-19-18(25)17(24)13-16(21(30)31-3)20(19)29(22)15-32-11-12-33(4,5)6/h13H,7-12,14-15H2,1-6H3,(H,26,27). The first-order valence-corrected chi connectivity index (χ1v) is 15.2. The summed E-state index contributed by atoms with van der Waals surface area (Å²) in [6.07, 6.45) is 4.36. The minimum absolute atomic E-state index is 0.0450. The number of nitrogens with one attached hydrogen (secondary N) is 1. The normalized spacial score (nSPS) is 16.0. The summed E-state index contributed by atoms with van der Waals surface area (Å²) in [5.74, 6) is -2.64. The van der Waals surface area contributed by atoms with Gasteiger partial charge in [0.15, 0.2) is 11.6 Å². The molecule has 0 radical (unpaired) electrons. The van der Waals surface area contributed by atoms with Crippen molar-refractivity contribution in [1.82, 2.24) is 14.5 Å². The van der Waals surface area contributed by atoms with E-state index in [4.69, 9.17) is 9.47 Å². The second-order valence-electron chi connectivity index (χ2n) is 10.3. The Morgan fingerprint density at radius 3 is 2.52 bits per heavy atom. The number of halogens is 2. The topological polar surface area (TPSA) is 68.6 Å². The zero-order chi connectivity index (χ0) is 24.4. The molecule has 1 aliphatic carbocycles. The van der Waals surface area contributed by atoms with E-state index in [1.54, 1.807) is 4.57 Å². The Balaban J connectivity index is 2.01. The number of ether oxygens (including phenoxy) is 2. The number of imidazole rings is 1. The first-order chi connectivity index (χ1) is 15.5.